The third-order valence-electron chi connectivity index (χ3n) is 5.02. The molecule has 0 atom stereocenters. The Balaban J connectivity index is 1.48. The summed E-state index contributed by atoms with van der Waals surface area (Å²) in [4.78, 5) is 13.3. The van der Waals surface area contributed by atoms with E-state index < -0.39 is 50.3 Å². The van der Waals surface area contributed by atoms with Gasteiger partial charge in [-0.15, -0.1) is 0 Å². The van der Waals surface area contributed by atoms with Gasteiger partial charge in [0.05, 0.1) is 4.90 Å². The third kappa shape index (κ3) is 3.87. The Hall–Kier alpha value is -2.54. The lowest BCUT2D eigenvalue weighted by atomic mass is 10.2. The van der Waals surface area contributed by atoms with Gasteiger partial charge in [0.2, 0.25) is 10.0 Å². The molecule has 32 heavy (non-hydrogen) atoms. The summed E-state index contributed by atoms with van der Waals surface area (Å²) in [6, 6.07) is 2.55. The lowest BCUT2D eigenvalue weighted by Crippen LogP contribution is -2.52. The van der Waals surface area contributed by atoms with E-state index in [2.05, 4.69) is 9.47 Å². The number of amides is 1. The molecule has 3 aliphatic heterocycles. The zero-order valence-electron chi connectivity index (χ0n) is 17.3. The minimum absolute atomic E-state index is 0.000360. The number of ether oxygens (including phenoxy) is 3. The molecule has 4 rings (SSSR count). The minimum Gasteiger partial charge on any atom is -0.444 e. The SMILES string of the molecule is CC(C)(C)OC(=O)N1CC2=C(C1)CN(S(=O)(=O)c1ccc3c(c1)OC(F)(F)C(F)(F)O3)C2. The highest BCUT2D eigenvalue weighted by Crippen LogP contribution is 2.47. The van der Waals surface area contributed by atoms with Crippen molar-refractivity contribution in [1.82, 2.24) is 9.21 Å². The average molecular weight is 480 g/mol. The Bertz CT molecular complexity index is 1100. The summed E-state index contributed by atoms with van der Waals surface area (Å²) in [5.74, 6) is -1.51. The molecule has 3 aliphatic rings. The Kier molecular flexibility index (Phi) is 4.94. The van der Waals surface area contributed by atoms with Gasteiger partial charge in [0, 0.05) is 32.2 Å². The second-order valence-corrected chi connectivity index (χ2v) is 10.6. The Morgan fingerprint density at radius 1 is 0.969 bits per heavy atom. The van der Waals surface area contributed by atoms with Crippen LogP contribution in [0.15, 0.2) is 34.2 Å². The Morgan fingerprint density at radius 3 is 2.03 bits per heavy atom. The van der Waals surface area contributed by atoms with Gasteiger partial charge in [-0.3, -0.25) is 0 Å². The molecule has 0 N–H and O–H groups in total. The lowest BCUT2D eigenvalue weighted by molar-refractivity contribution is -0.391. The molecule has 13 heteroatoms. The largest absolute Gasteiger partial charge is 0.507 e. The van der Waals surface area contributed by atoms with E-state index in [1.807, 2.05) is 0 Å². The second-order valence-electron chi connectivity index (χ2n) is 8.66. The summed E-state index contributed by atoms with van der Waals surface area (Å²) < 4.78 is 93.9. The fraction of sp³-hybridized carbons (Fsp3) is 0.526. The summed E-state index contributed by atoms with van der Waals surface area (Å²) in [7, 11) is -4.16. The van der Waals surface area contributed by atoms with Crippen molar-refractivity contribution in [1.29, 1.82) is 0 Å². The van der Waals surface area contributed by atoms with Gasteiger partial charge < -0.3 is 19.1 Å². The molecule has 0 radical (unpaired) electrons. The van der Waals surface area contributed by atoms with E-state index in [-0.39, 0.29) is 26.2 Å². The van der Waals surface area contributed by atoms with Crippen molar-refractivity contribution in [2.45, 2.75) is 43.5 Å². The molecule has 8 nitrogen and oxygen atoms in total. The molecule has 3 heterocycles. The Morgan fingerprint density at radius 2 is 1.50 bits per heavy atom. The number of rotatable bonds is 2. The summed E-state index contributed by atoms with van der Waals surface area (Å²) in [5, 5.41) is 0. The number of hydrogen-bond acceptors (Lipinski definition) is 6. The number of halogens is 4. The fourth-order valence-corrected chi connectivity index (χ4v) is 4.97. The topological polar surface area (TPSA) is 85.4 Å². The molecule has 0 aliphatic carbocycles. The van der Waals surface area contributed by atoms with Gasteiger partial charge in [0.15, 0.2) is 11.5 Å². The van der Waals surface area contributed by atoms with Crippen LogP contribution in [-0.4, -0.2) is 67.7 Å². The highest BCUT2D eigenvalue weighted by atomic mass is 32.2. The van der Waals surface area contributed by atoms with Crippen LogP contribution in [-0.2, 0) is 14.8 Å². The van der Waals surface area contributed by atoms with E-state index >= 15 is 0 Å². The normalized spacial score (nSPS) is 22.2. The van der Waals surface area contributed by atoms with Crippen LogP contribution < -0.4 is 9.47 Å². The molecule has 0 fully saturated rings. The first kappa shape index (κ1) is 22.6. The highest BCUT2D eigenvalue weighted by molar-refractivity contribution is 7.89. The number of nitrogens with zero attached hydrogens (tertiary/aromatic N) is 2. The van der Waals surface area contributed by atoms with Gasteiger partial charge in [-0.05, 0) is 44.1 Å². The fourth-order valence-electron chi connectivity index (χ4n) is 3.53. The third-order valence-corrected chi connectivity index (χ3v) is 6.81. The molecule has 0 unspecified atom stereocenters. The first-order valence-electron chi connectivity index (χ1n) is 9.55. The molecule has 1 aromatic rings. The first-order valence-corrected chi connectivity index (χ1v) is 11.0. The molecule has 176 valence electrons. The van der Waals surface area contributed by atoms with Crippen LogP contribution in [0.2, 0.25) is 0 Å². The molecular formula is C19H20F4N2O6S. The maximum absolute atomic E-state index is 13.4. The monoisotopic (exact) mass is 480 g/mol. The van der Waals surface area contributed by atoms with Crippen LogP contribution in [0.25, 0.3) is 0 Å². The van der Waals surface area contributed by atoms with E-state index in [0.717, 1.165) is 33.7 Å². The van der Waals surface area contributed by atoms with E-state index in [1.54, 1.807) is 20.8 Å². The van der Waals surface area contributed by atoms with Crippen molar-refractivity contribution >= 4 is 16.1 Å². The van der Waals surface area contributed by atoms with Crippen LogP contribution in [0.4, 0.5) is 22.4 Å². The van der Waals surface area contributed by atoms with Gasteiger partial charge >= 0.3 is 18.3 Å². The van der Waals surface area contributed by atoms with Crippen molar-refractivity contribution in [3.8, 4) is 11.5 Å². The molecule has 0 saturated carbocycles. The summed E-state index contributed by atoms with van der Waals surface area (Å²) in [6.45, 7) is 5.62. The van der Waals surface area contributed by atoms with Crippen molar-refractivity contribution in [2.24, 2.45) is 0 Å². The van der Waals surface area contributed by atoms with Gasteiger partial charge in [-0.2, -0.15) is 21.9 Å². The predicted octanol–water partition coefficient (Wildman–Crippen LogP) is 3.20. The first-order chi connectivity index (χ1) is 14.6. The molecule has 0 saturated heterocycles. The smallest absolute Gasteiger partial charge is 0.444 e. The number of benzene rings is 1. The van der Waals surface area contributed by atoms with Crippen molar-refractivity contribution in [3.05, 3.63) is 29.3 Å². The van der Waals surface area contributed by atoms with Crippen molar-refractivity contribution < 1.29 is 45.0 Å². The van der Waals surface area contributed by atoms with Crippen LogP contribution in [0.1, 0.15) is 20.8 Å². The van der Waals surface area contributed by atoms with E-state index in [9.17, 15) is 30.8 Å². The zero-order valence-corrected chi connectivity index (χ0v) is 18.1. The van der Waals surface area contributed by atoms with E-state index in [4.69, 9.17) is 4.74 Å². The van der Waals surface area contributed by atoms with Crippen LogP contribution >= 0.6 is 0 Å². The van der Waals surface area contributed by atoms with Gasteiger partial charge in [-0.1, -0.05) is 0 Å². The molecule has 0 bridgehead atoms. The summed E-state index contributed by atoms with van der Waals surface area (Å²) in [5.41, 5.74) is 0.810. The van der Waals surface area contributed by atoms with Crippen LogP contribution in [0.5, 0.6) is 11.5 Å². The highest BCUT2D eigenvalue weighted by Gasteiger charge is 2.66. The van der Waals surface area contributed by atoms with E-state index in [1.165, 1.54) is 4.90 Å². The molecule has 1 amide bonds. The molecule has 0 spiro atoms. The van der Waals surface area contributed by atoms with Gasteiger partial charge in [0.25, 0.3) is 0 Å². The standard InChI is InChI=1S/C19H20F4N2O6S/c1-17(2,3)31-16(26)24-7-11-9-25(10-12(11)8-24)32(27,28)13-4-5-14-15(6-13)30-19(22,23)18(20,21)29-14/h4-6H,7-10H2,1-3H3. The van der Waals surface area contributed by atoms with Crippen LogP contribution in [0.3, 0.4) is 0 Å². The lowest BCUT2D eigenvalue weighted by Gasteiger charge is -2.32. The molecule has 0 aromatic heterocycles. The number of alkyl halides is 4. The zero-order chi connectivity index (χ0) is 23.7. The van der Waals surface area contributed by atoms with Gasteiger partial charge in [-0.25, -0.2) is 13.2 Å². The molecule has 1 aromatic carbocycles. The van der Waals surface area contributed by atoms with Crippen molar-refractivity contribution in [3.63, 3.8) is 0 Å². The Labute approximate surface area is 181 Å². The predicted molar refractivity (Wildman–Crippen MR) is 101 cm³/mol. The average Bonchev–Trinajstić information content (AvgIpc) is 3.19. The van der Waals surface area contributed by atoms with E-state index in [0.29, 0.717) is 0 Å². The second kappa shape index (κ2) is 6.98. The number of fused-ring (bicyclic) bond motifs is 1. The quantitative estimate of drug-likeness (QED) is 0.478. The summed E-state index contributed by atoms with van der Waals surface area (Å²) in [6.07, 6.45) is -10.4. The van der Waals surface area contributed by atoms with Crippen molar-refractivity contribution in [2.75, 3.05) is 26.2 Å². The van der Waals surface area contributed by atoms with Gasteiger partial charge in [0.1, 0.15) is 5.60 Å². The number of carbonyl (C=O) groups excluding carboxylic acids is 1. The molecular weight excluding hydrogens is 460 g/mol. The number of hydrogen-bond donors (Lipinski definition) is 0. The summed E-state index contributed by atoms with van der Waals surface area (Å²) >= 11 is 0. The maximum atomic E-state index is 13.4. The number of carbonyl (C=O) groups is 1. The maximum Gasteiger partial charge on any atom is 0.507 e. The van der Waals surface area contributed by atoms with Crippen LogP contribution in [0, 0.1) is 0 Å². The minimum atomic E-state index is -4.95. The number of sulfonamides is 1.